The van der Waals surface area contributed by atoms with E-state index in [9.17, 15) is 28.0 Å². The van der Waals surface area contributed by atoms with Crippen LogP contribution < -0.4 is 5.56 Å². The number of hydrogen-bond acceptors (Lipinski definition) is 6. The molecule has 0 aliphatic rings. The van der Waals surface area contributed by atoms with Crippen LogP contribution in [0.15, 0.2) is 99.6 Å². The van der Waals surface area contributed by atoms with E-state index in [0.29, 0.717) is 16.6 Å². The average molecular weight is 501 g/mol. The number of aliphatic imine (C=N–C) groups is 1. The van der Waals surface area contributed by atoms with Gasteiger partial charge in [-0.15, -0.1) is 0 Å². The van der Waals surface area contributed by atoms with Gasteiger partial charge in [-0.05, 0) is 31.2 Å². The lowest BCUT2D eigenvalue weighted by Gasteiger charge is -2.15. The quantitative estimate of drug-likeness (QED) is 0.237. The fourth-order valence-corrected chi connectivity index (χ4v) is 5.07. The molecule has 0 aliphatic heterocycles. The van der Waals surface area contributed by atoms with Crippen molar-refractivity contribution in [3.8, 4) is 17.2 Å². The van der Waals surface area contributed by atoms with Crippen LogP contribution in [0, 0.1) is 0 Å². The van der Waals surface area contributed by atoms with Gasteiger partial charge in [0.05, 0.1) is 11.2 Å². The van der Waals surface area contributed by atoms with E-state index >= 15 is 0 Å². The third kappa shape index (κ3) is 3.80. The van der Waals surface area contributed by atoms with E-state index < -0.39 is 26.3 Å². The monoisotopic (exact) mass is 500 g/mol. The van der Waals surface area contributed by atoms with Gasteiger partial charge in [-0.2, -0.15) is 8.42 Å². The zero-order valence-corrected chi connectivity index (χ0v) is 19.8. The van der Waals surface area contributed by atoms with Crippen LogP contribution in [0.1, 0.15) is 12.5 Å². The number of phenols is 1. The minimum absolute atomic E-state index is 0.00582. The van der Waals surface area contributed by atoms with Crippen LogP contribution >= 0.6 is 0 Å². The lowest BCUT2D eigenvalue weighted by Crippen LogP contribution is -2.25. The van der Waals surface area contributed by atoms with E-state index in [2.05, 4.69) is 4.99 Å². The number of aromatic nitrogens is 1. The van der Waals surface area contributed by atoms with Crippen molar-refractivity contribution in [2.75, 3.05) is 0 Å². The minimum Gasteiger partial charge on any atom is -0.506 e. The summed E-state index contributed by atoms with van der Waals surface area (Å²) in [6.45, 7) is 1.52. The molecular formula is C27H20N2O6S. The molecule has 8 nitrogen and oxygen atoms in total. The molecule has 3 N–H and O–H groups in total. The Bertz CT molecular complexity index is 1860. The summed E-state index contributed by atoms with van der Waals surface area (Å²) in [7, 11) is -4.63. The second-order valence-electron chi connectivity index (χ2n) is 8.18. The van der Waals surface area contributed by atoms with Gasteiger partial charge in [0.2, 0.25) is 0 Å². The number of aromatic hydroxyl groups is 2. The topological polar surface area (TPSA) is 129 Å². The van der Waals surface area contributed by atoms with Gasteiger partial charge in [-0.25, -0.2) is 4.99 Å². The van der Waals surface area contributed by atoms with Crippen molar-refractivity contribution in [1.29, 1.82) is 0 Å². The number of benzene rings is 4. The number of nitrogens with zero attached hydrogens (tertiary/aromatic N) is 2. The molecule has 9 heteroatoms. The SMILES string of the molecule is CC(=Nc1c(O)cc(S(=O)(=O)O)c2ccccc12)c1c(O)c2ccccc2n(-c2ccccc2)c1=O. The van der Waals surface area contributed by atoms with Crippen molar-refractivity contribution in [2.24, 2.45) is 4.99 Å². The number of pyridine rings is 1. The Balaban J connectivity index is 1.83. The van der Waals surface area contributed by atoms with Gasteiger partial charge in [-0.3, -0.25) is 13.9 Å². The number of phenolic OH excluding ortho intramolecular Hbond substituents is 1. The highest BCUT2D eigenvalue weighted by Crippen LogP contribution is 2.40. The minimum atomic E-state index is -4.63. The van der Waals surface area contributed by atoms with Gasteiger partial charge in [0.15, 0.2) is 0 Å². The van der Waals surface area contributed by atoms with Crippen molar-refractivity contribution >= 4 is 43.2 Å². The van der Waals surface area contributed by atoms with E-state index in [1.807, 2.05) is 6.07 Å². The number of para-hydroxylation sites is 2. The lowest BCUT2D eigenvalue weighted by molar-refractivity contribution is 0.469. The Morgan fingerprint density at radius 1 is 0.833 bits per heavy atom. The van der Waals surface area contributed by atoms with Gasteiger partial charge in [0.25, 0.3) is 15.7 Å². The van der Waals surface area contributed by atoms with Crippen molar-refractivity contribution < 1.29 is 23.2 Å². The number of hydrogen-bond donors (Lipinski definition) is 3. The first-order chi connectivity index (χ1) is 17.2. The molecule has 0 fully saturated rings. The predicted octanol–water partition coefficient (Wildman–Crippen LogP) is 4.94. The first-order valence-electron chi connectivity index (χ1n) is 10.9. The van der Waals surface area contributed by atoms with Crippen molar-refractivity contribution in [1.82, 2.24) is 4.57 Å². The number of rotatable bonds is 4. The molecule has 5 aromatic rings. The summed E-state index contributed by atoms with van der Waals surface area (Å²) in [6.07, 6.45) is 0. The van der Waals surface area contributed by atoms with E-state index in [4.69, 9.17) is 0 Å². The number of fused-ring (bicyclic) bond motifs is 2. The summed E-state index contributed by atoms with van der Waals surface area (Å²) >= 11 is 0. The van der Waals surface area contributed by atoms with Crippen LogP contribution in [0.2, 0.25) is 0 Å². The highest BCUT2D eigenvalue weighted by atomic mass is 32.2. The third-order valence-corrected chi connectivity index (χ3v) is 6.84. The molecule has 0 aliphatic carbocycles. The molecular weight excluding hydrogens is 480 g/mol. The van der Waals surface area contributed by atoms with E-state index in [-0.39, 0.29) is 33.5 Å². The van der Waals surface area contributed by atoms with Crippen LogP contribution in [-0.4, -0.2) is 33.5 Å². The Kier molecular flexibility index (Phi) is 5.58. The molecule has 0 saturated heterocycles. The summed E-state index contributed by atoms with van der Waals surface area (Å²) in [6, 6.07) is 23.0. The summed E-state index contributed by atoms with van der Waals surface area (Å²) < 4.78 is 34.8. The molecule has 0 spiro atoms. The van der Waals surface area contributed by atoms with Crippen LogP contribution in [0.5, 0.6) is 11.5 Å². The van der Waals surface area contributed by atoms with E-state index in [0.717, 1.165) is 6.07 Å². The maximum atomic E-state index is 13.7. The molecule has 1 heterocycles. The van der Waals surface area contributed by atoms with Gasteiger partial charge in [0, 0.05) is 27.9 Å². The van der Waals surface area contributed by atoms with Crippen LogP contribution in [0.25, 0.3) is 27.4 Å². The zero-order valence-electron chi connectivity index (χ0n) is 19.0. The predicted molar refractivity (Wildman–Crippen MR) is 139 cm³/mol. The van der Waals surface area contributed by atoms with Crippen LogP contribution in [-0.2, 0) is 10.1 Å². The van der Waals surface area contributed by atoms with E-state index in [1.54, 1.807) is 66.7 Å². The zero-order chi connectivity index (χ0) is 25.6. The Morgan fingerprint density at radius 2 is 1.42 bits per heavy atom. The Labute approximate surface area is 205 Å². The highest BCUT2D eigenvalue weighted by molar-refractivity contribution is 7.86. The smallest absolute Gasteiger partial charge is 0.295 e. The van der Waals surface area contributed by atoms with Gasteiger partial charge in [0.1, 0.15) is 27.6 Å². The summed E-state index contributed by atoms with van der Waals surface area (Å²) in [5.41, 5.74) is 0.616. The molecule has 0 unspecified atom stereocenters. The van der Waals surface area contributed by atoms with Crippen LogP contribution in [0.4, 0.5) is 5.69 Å². The van der Waals surface area contributed by atoms with Gasteiger partial charge in [-0.1, -0.05) is 54.6 Å². The Hall–Kier alpha value is -4.47. The standard InChI is InChI=1S/C27H20N2O6S/c1-16(28-25-19-12-6-5-11-18(19)23(15-22(25)30)36(33,34)35)24-26(31)20-13-7-8-14-21(20)29(27(24)32)17-9-3-2-4-10-17/h2-15,30-31H,1H3,(H,33,34,35). The van der Waals surface area contributed by atoms with Crippen molar-refractivity contribution in [2.45, 2.75) is 11.8 Å². The summed E-state index contributed by atoms with van der Waals surface area (Å²) in [5, 5.41) is 22.6. The molecule has 4 aromatic carbocycles. The van der Waals surface area contributed by atoms with E-state index in [1.165, 1.54) is 17.6 Å². The largest absolute Gasteiger partial charge is 0.506 e. The van der Waals surface area contributed by atoms with Crippen molar-refractivity contribution in [3.63, 3.8) is 0 Å². The van der Waals surface area contributed by atoms with Crippen LogP contribution in [0.3, 0.4) is 0 Å². The first kappa shape index (κ1) is 23.3. The lowest BCUT2D eigenvalue weighted by atomic mass is 10.0. The normalized spacial score (nSPS) is 12.3. The molecule has 0 atom stereocenters. The fourth-order valence-electron chi connectivity index (χ4n) is 4.35. The van der Waals surface area contributed by atoms with Gasteiger partial charge >= 0.3 is 0 Å². The molecule has 36 heavy (non-hydrogen) atoms. The molecule has 0 radical (unpaired) electrons. The molecule has 0 bridgehead atoms. The van der Waals surface area contributed by atoms with Crippen molar-refractivity contribution in [3.05, 3.63) is 101 Å². The highest BCUT2D eigenvalue weighted by Gasteiger charge is 2.22. The summed E-state index contributed by atoms with van der Waals surface area (Å²) in [5.74, 6) is -0.772. The fraction of sp³-hybridized carbons (Fsp3) is 0.0370. The van der Waals surface area contributed by atoms with Gasteiger partial charge < -0.3 is 10.2 Å². The molecule has 0 saturated carbocycles. The second-order valence-corrected chi connectivity index (χ2v) is 9.57. The molecule has 1 aromatic heterocycles. The Morgan fingerprint density at radius 3 is 2.08 bits per heavy atom. The summed E-state index contributed by atoms with van der Waals surface area (Å²) in [4.78, 5) is 17.7. The first-order valence-corrected chi connectivity index (χ1v) is 12.3. The average Bonchev–Trinajstić information content (AvgIpc) is 2.86. The molecule has 5 rings (SSSR count). The molecule has 180 valence electrons. The maximum Gasteiger partial charge on any atom is 0.295 e. The molecule has 0 amide bonds. The second kappa shape index (κ2) is 8.63. The maximum absolute atomic E-state index is 13.7. The third-order valence-electron chi connectivity index (χ3n) is 5.95.